The maximum Gasteiger partial charge on any atom is 0.241 e. The zero-order valence-corrected chi connectivity index (χ0v) is 13.9. The third kappa shape index (κ3) is 3.75. The van der Waals surface area contributed by atoms with Gasteiger partial charge in [-0.1, -0.05) is 13.8 Å². The number of rotatable bonds is 7. The van der Waals surface area contributed by atoms with E-state index in [4.69, 9.17) is 4.74 Å². The van der Waals surface area contributed by atoms with Crippen molar-refractivity contribution < 1.29 is 13.2 Å². The highest BCUT2D eigenvalue weighted by Crippen LogP contribution is 2.45. The monoisotopic (exact) mass is 312 g/mol. The second kappa shape index (κ2) is 5.94. The molecule has 1 aliphatic carbocycles. The lowest BCUT2D eigenvalue weighted by molar-refractivity contribution is 0.413. The van der Waals surface area contributed by atoms with Crippen LogP contribution in [-0.2, 0) is 16.4 Å². The Morgan fingerprint density at radius 2 is 2.05 bits per heavy atom. The van der Waals surface area contributed by atoms with Gasteiger partial charge in [0, 0.05) is 6.04 Å². The minimum absolute atomic E-state index is 0.0294. The summed E-state index contributed by atoms with van der Waals surface area (Å²) in [4.78, 5) is 0.348. The second-order valence-electron chi connectivity index (χ2n) is 6.19. The van der Waals surface area contributed by atoms with Crippen LogP contribution < -0.4 is 14.8 Å². The number of sulfonamides is 1. The fourth-order valence-corrected chi connectivity index (χ4v) is 3.98. The number of nitrogens with one attached hydrogen (secondary N) is 2. The van der Waals surface area contributed by atoms with Gasteiger partial charge in [0.25, 0.3) is 0 Å². The molecule has 0 aromatic heterocycles. The van der Waals surface area contributed by atoms with E-state index in [0.29, 0.717) is 23.6 Å². The van der Waals surface area contributed by atoms with Crippen LogP contribution in [0.5, 0.6) is 5.75 Å². The number of hydrogen-bond donors (Lipinski definition) is 2. The van der Waals surface area contributed by atoms with Crippen LogP contribution in [0.3, 0.4) is 0 Å². The number of benzene rings is 1. The Kier molecular flexibility index (Phi) is 4.60. The Bertz CT molecular complexity index is 611. The summed E-state index contributed by atoms with van der Waals surface area (Å²) in [5.41, 5.74) is 0.833. The lowest BCUT2D eigenvalue weighted by Gasteiger charge is -2.14. The molecule has 21 heavy (non-hydrogen) atoms. The maximum atomic E-state index is 12.6. The van der Waals surface area contributed by atoms with E-state index in [0.717, 1.165) is 12.0 Å². The zero-order chi connectivity index (χ0) is 15.7. The third-order valence-corrected chi connectivity index (χ3v) is 5.58. The van der Waals surface area contributed by atoms with Crippen LogP contribution in [0, 0.1) is 5.41 Å². The van der Waals surface area contributed by atoms with Gasteiger partial charge in [-0.15, -0.1) is 0 Å². The summed E-state index contributed by atoms with van der Waals surface area (Å²) in [6.07, 6.45) is 1.52. The highest BCUT2D eigenvalue weighted by Gasteiger charge is 2.48. The lowest BCUT2D eigenvalue weighted by atomic mass is 10.1. The van der Waals surface area contributed by atoms with Crippen LogP contribution in [0.2, 0.25) is 0 Å². The fourth-order valence-electron chi connectivity index (χ4n) is 2.32. The molecule has 5 nitrogen and oxygen atoms in total. The SMILES string of the molecule is CNCCc1cc(OC)ccc1S(=O)(=O)NC1CC1(C)C. The summed E-state index contributed by atoms with van der Waals surface area (Å²) in [7, 11) is -0.0612. The van der Waals surface area contributed by atoms with Gasteiger partial charge in [0.1, 0.15) is 5.75 Å². The molecule has 6 heteroatoms. The van der Waals surface area contributed by atoms with Crippen molar-refractivity contribution in [2.75, 3.05) is 20.7 Å². The molecule has 0 bridgehead atoms. The molecule has 118 valence electrons. The first-order valence-electron chi connectivity index (χ1n) is 7.14. The Morgan fingerprint density at radius 3 is 2.57 bits per heavy atom. The van der Waals surface area contributed by atoms with E-state index in [2.05, 4.69) is 23.9 Å². The number of hydrogen-bond acceptors (Lipinski definition) is 4. The van der Waals surface area contributed by atoms with Gasteiger partial charge in [-0.05, 0) is 55.6 Å². The first kappa shape index (κ1) is 16.3. The number of methoxy groups -OCH3 is 1. The molecule has 0 amide bonds. The van der Waals surface area contributed by atoms with Crippen molar-refractivity contribution in [3.8, 4) is 5.75 Å². The van der Waals surface area contributed by atoms with Gasteiger partial charge in [-0.3, -0.25) is 0 Å². The van der Waals surface area contributed by atoms with Gasteiger partial charge in [0.2, 0.25) is 10.0 Å². The average Bonchev–Trinajstić information content (AvgIpc) is 3.01. The number of likely N-dealkylation sites (N-methyl/N-ethyl adjacent to an activating group) is 1. The fraction of sp³-hybridized carbons (Fsp3) is 0.600. The van der Waals surface area contributed by atoms with Crippen LogP contribution >= 0.6 is 0 Å². The first-order valence-corrected chi connectivity index (χ1v) is 8.62. The van der Waals surface area contributed by atoms with Gasteiger partial charge in [-0.25, -0.2) is 13.1 Å². The van der Waals surface area contributed by atoms with Gasteiger partial charge in [-0.2, -0.15) is 0 Å². The summed E-state index contributed by atoms with van der Waals surface area (Å²) in [6, 6.07) is 5.14. The molecule has 1 aromatic carbocycles. The normalized spacial score (nSPS) is 20.3. The van der Waals surface area contributed by atoms with Crippen molar-refractivity contribution in [2.45, 2.75) is 37.6 Å². The van der Waals surface area contributed by atoms with Crippen molar-refractivity contribution in [2.24, 2.45) is 5.41 Å². The molecule has 0 aliphatic heterocycles. The van der Waals surface area contributed by atoms with Gasteiger partial charge < -0.3 is 10.1 Å². The van der Waals surface area contributed by atoms with E-state index in [-0.39, 0.29) is 11.5 Å². The molecule has 0 radical (unpaired) electrons. The predicted molar refractivity (Wildman–Crippen MR) is 83.1 cm³/mol. The highest BCUT2D eigenvalue weighted by molar-refractivity contribution is 7.89. The molecule has 2 rings (SSSR count). The summed E-state index contributed by atoms with van der Waals surface area (Å²) in [6.45, 7) is 4.84. The molecule has 0 heterocycles. The second-order valence-corrected chi connectivity index (χ2v) is 7.88. The van der Waals surface area contributed by atoms with Gasteiger partial charge in [0.05, 0.1) is 12.0 Å². The topological polar surface area (TPSA) is 67.4 Å². The van der Waals surface area contributed by atoms with Crippen LogP contribution in [0.4, 0.5) is 0 Å². The van der Waals surface area contributed by atoms with Gasteiger partial charge >= 0.3 is 0 Å². The Labute approximate surface area is 127 Å². The predicted octanol–water partition coefficient (Wildman–Crippen LogP) is 1.53. The van der Waals surface area contributed by atoms with Crippen molar-refractivity contribution in [3.05, 3.63) is 23.8 Å². The largest absolute Gasteiger partial charge is 0.497 e. The molecular weight excluding hydrogens is 288 g/mol. The third-order valence-electron chi connectivity index (χ3n) is 4.01. The summed E-state index contributed by atoms with van der Waals surface area (Å²) >= 11 is 0. The summed E-state index contributed by atoms with van der Waals surface area (Å²) in [5, 5.41) is 3.04. The van der Waals surface area contributed by atoms with Crippen LogP contribution in [0.1, 0.15) is 25.8 Å². The molecular formula is C15H24N2O3S. The standard InChI is InChI=1S/C15H24N2O3S/c1-15(2)10-14(15)17-21(18,19)13-6-5-12(20-4)9-11(13)7-8-16-3/h5-6,9,14,16-17H,7-8,10H2,1-4H3. The van der Waals surface area contributed by atoms with E-state index in [9.17, 15) is 8.42 Å². The van der Waals surface area contributed by atoms with Gasteiger partial charge in [0.15, 0.2) is 0 Å². The summed E-state index contributed by atoms with van der Waals surface area (Å²) in [5.74, 6) is 0.673. The maximum absolute atomic E-state index is 12.6. The Balaban J connectivity index is 2.28. The van der Waals surface area contributed by atoms with Crippen molar-refractivity contribution in [1.82, 2.24) is 10.0 Å². The Hall–Kier alpha value is -1.11. The molecule has 1 saturated carbocycles. The first-order chi connectivity index (χ1) is 9.80. The lowest BCUT2D eigenvalue weighted by Crippen LogP contribution is -2.29. The van der Waals surface area contributed by atoms with E-state index >= 15 is 0 Å². The minimum Gasteiger partial charge on any atom is -0.497 e. The quantitative estimate of drug-likeness (QED) is 0.801. The molecule has 1 fully saturated rings. The zero-order valence-electron chi connectivity index (χ0n) is 13.1. The van der Waals surface area contributed by atoms with E-state index in [1.807, 2.05) is 7.05 Å². The number of ether oxygens (including phenoxy) is 1. The Morgan fingerprint density at radius 1 is 1.38 bits per heavy atom. The average molecular weight is 312 g/mol. The minimum atomic E-state index is -3.49. The highest BCUT2D eigenvalue weighted by atomic mass is 32.2. The smallest absolute Gasteiger partial charge is 0.241 e. The molecule has 1 aromatic rings. The van der Waals surface area contributed by atoms with Crippen LogP contribution in [0.15, 0.2) is 23.1 Å². The molecule has 0 saturated heterocycles. The van der Waals surface area contributed by atoms with E-state index in [1.54, 1.807) is 25.3 Å². The van der Waals surface area contributed by atoms with Crippen molar-refractivity contribution in [1.29, 1.82) is 0 Å². The van der Waals surface area contributed by atoms with Crippen LogP contribution in [-0.4, -0.2) is 35.2 Å². The van der Waals surface area contributed by atoms with Crippen LogP contribution in [0.25, 0.3) is 0 Å². The molecule has 1 unspecified atom stereocenters. The molecule has 0 spiro atoms. The molecule has 2 N–H and O–H groups in total. The van der Waals surface area contributed by atoms with Crippen molar-refractivity contribution >= 4 is 10.0 Å². The summed E-state index contributed by atoms with van der Waals surface area (Å²) < 4.78 is 33.2. The molecule has 1 aliphatic rings. The molecule has 1 atom stereocenters. The van der Waals surface area contributed by atoms with E-state index in [1.165, 1.54) is 0 Å². The van der Waals surface area contributed by atoms with Crippen molar-refractivity contribution in [3.63, 3.8) is 0 Å². The van der Waals surface area contributed by atoms with E-state index < -0.39 is 10.0 Å².